The van der Waals surface area contributed by atoms with Crippen molar-refractivity contribution in [2.75, 3.05) is 6.54 Å². The lowest BCUT2D eigenvalue weighted by Crippen LogP contribution is -2.31. The number of hydrogen-bond donors (Lipinski definition) is 1. The molecule has 1 aliphatic heterocycles. The van der Waals surface area contributed by atoms with E-state index in [-0.39, 0.29) is 27.8 Å². The zero-order valence-electron chi connectivity index (χ0n) is 11.2. The molecular formula is C12H12Cl2N6O. The number of nitrogens with one attached hydrogen (secondary N) is 1. The first-order valence-corrected chi connectivity index (χ1v) is 7.20. The molecule has 1 aliphatic rings. The molecule has 0 saturated carbocycles. The van der Waals surface area contributed by atoms with Gasteiger partial charge in [-0.15, -0.1) is 10.2 Å². The minimum Gasteiger partial charge on any atom is -0.328 e. The Balaban J connectivity index is 1.91. The van der Waals surface area contributed by atoms with E-state index in [1.807, 2.05) is 0 Å². The number of aromatic amines is 1. The highest BCUT2D eigenvalue weighted by Crippen LogP contribution is 2.32. The molecule has 9 heteroatoms. The lowest BCUT2D eigenvalue weighted by molar-refractivity contribution is 0.0729. The predicted molar refractivity (Wildman–Crippen MR) is 76.2 cm³/mol. The number of hydrogen-bond acceptors (Lipinski definition) is 5. The molecule has 1 saturated heterocycles. The first kappa shape index (κ1) is 14.2. The largest absolute Gasteiger partial charge is 0.328 e. The SMILES string of the molecule is Cc1n[nH]c([C@@H]2CCCN2C(=O)c2cc(Cl)nnc2Cl)n1. The number of amides is 1. The minimum atomic E-state index is -0.228. The molecule has 3 heterocycles. The molecule has 21 heavy (non-hydrogen) atoms. The summed E-state index contributed by atoms with van der Waals surface area (Å²) in [5.74, 6) is 1.10. The van der Waals surface area contributed by atoms with Crippen LogP contribution in [-0.4, -0.2) is 42.7 Å². The van der Waals surface area contributed by atoms with Gasteiger partial charge in [-0.2, -0.15) is 5.10 Å². The first-order valence-electron chi connectivity index (χ1n) is 6.45. The first-order chi connectivity index (χ1) is 10.1. The number of carbonyl (C=O) groups excluding carboxylic acids is 1. The van der Waals surface area contributed by atoms with Gasteiger partial charge in [0.25, 0.3) is 5.91 Å². The third-order valence-corrected chi connectivity index (χ3v) is 3.86. The van der Waals surface area contributed by atoms with Crippen molar-refractivity contribution in [3.63, 3.8) is 0 Å². The van der Waals surface area contributed by atoms with Crippen LogP contribution in [0, 0.1) is 6.92 Å². The van der Waals surface area contributed by atoms with E-state index >= 15 is 0 Å². The Morgan fingerprint density at radius 3 is 2.95 bits per heavy atom. The highest BCUT2D eigenvalue weighted by molar-refractivity contribution is 6.34. The summed E-state index contributed by atoms with van der Waals surface area (Å²) in [6, 6.07) is 1.29. The molecule has 1 amide bonds. The maximum Gasteiger partial charge on any atom is 0.257 e. The van der Waals surface area contributed by atoms with Crippen molar-refractivity contribution >= 4 is 29.1 Å². The van der Waals surface area contributed by atoms with E-state index < -0.39 is 0 Å². The average molecular weight is 327 g/mol. The molecule has 0 aromatic carbocycles. The zero-order chi connectivity index (χ0) is 15.0. The van der Waals surface area contributed by atoms with Gasteiger partial charge in [-0.3, -0.25) is 9.89 Å². The number of rotatable bonds is 2. The van der Waals surface area contributed by atoms with E-state index in [4.69, 9.17) is 23.2 Å². The monoisotopic (exact) mass is 326 g/mol. The molecule has 1 fully saturated rings. The molecule has 0 unspecified atom stereocenters. The summed E-state index contributed by atoms with van der Waals surface area (Å²) in [7, 11) is 0. The number of H-pyrrole nitrogens is 1. The second-order valence-corrected chi connectivity index (χ2v) is 5.54. The summed E-state index contributed by atoms with van der Waals surface area (Å²) in [5.41, 5.74) is 0.250. The topological polar surface area (TPSA) is 87.7 Å². The molecule has 2 aromatic heterocycles. The molecule has 0 radical (unpaired) electrons. The Morgan fingerprint density at radius 1 is 1.43 bits per heavy atom. The third-order valence-electron chi connectivity index (χ3n) is 3.39. The van der Waals surface area contributed by atoms with E-state index in [2.05, 4.69) is 25.4 Å². The number of aromatic nitrogens is 5. The lowest BCUT2D eigenvalue weighted by atomic mass is 10.2. The van der Waals surface area contributed by atoms with Crippen LogP contribution in [0.3, 0.4) is 0 Å². The molecule has 2 aromatic rings. The number of carbonyl (C=O) groups is 1. The van der Waals surface area contributed by atoms with Crippen LogP contribution in [0.1, 0.15) is 40.9 Å². The fraction of sp³-hybridized carbons (Fsp3) is 0.417. The number of nitrogens with zero attached hydrogens (tertiary/aromatic N) is 5. The van der Waals surface area contributed by atoms with Crippen LogP contribution in [-0.2, 0) is 0 Å². The van der Waals surface area contributed by atoms with Crippen LogP contribution in [0.15, 0.2) is 6.07 Å². The molecule has 1 N–H and O–H groups in total. The van der Waals surface area contributed by atoms with Crippen molar-refractivity contribution in [1.82, 2.24) is 30.3 Å². The number of likely N-dealkylation sites (tertiary alicyclic amines) is 1. The maximum absolute atomic E-state index is 12.7. The smallest absolute Gasteiger partial charge is 0.257 e. The van der Waals surface area contributed by atoms with Crippen LogP contribution in [0.5, 0.6) is 0 Å². The van der Waals surface area contributed by atoms with Crippen molar-refractivity contribution in [2.24, 2.45) is 0 Å². The summed E-state index contributed by atoms with van der Waals surface area (Å²) in [4.78, 5) is 18.7. The summed E-state index contributed by atoms with van der Waals surface area (Å²) >= 11 is 11.7. The van der Waals surface area contributed by atoms with Crippen molar-refractivity contribution < 1.29 is 4.79 Å². The summed E-state index contributed by atoms with van der Waals surface area (Å²) in [5, 5.41) is 14.3. The minimum absolute atomic E-state index is 0.0452. The third kappa shape index (κ3) is 2.71. The number of aryl methyl sites for hydroxylation is 1. The van der Waals surface area contributed by atoms with Gasteiger partial charge in [-0.05, 0) is 25.8 Å². The fourth-order valence-corrected chi connectivity index (χ4v) is 2.78. The van der Waals surface area contributed by atoms with Crippen LogP contribution in [0.2, 0.25) is 10.3 Å². The van der Waals surface area contributed by atoms with Crippen molar-refractivity contribution in [3.05, 3.63) is 33.6 Å². The summed E-state index contributed by atoms with van der Waals surface area (Å²) in [6.45, 7) is 2.42. The van der Waals surface area contributed by atoms with E-state index in [9.17, 15) is 4.79 Å². The highest BCUT2D eigenvalue weighted by atomic mass is 35.5. The maximum atomic E-state index is 12.7. The second-order valence-electron chi connectivity index (χ2n) is 4.80. The molecule has 7 nitrogen and oxygen atoms in total. The Labute approximate surface area is 130 Å². The second kappa shape index (κ2) is 5.57. The molecule has 110 valence electrons. The molecule has 0 spiro atoms. The van der Waals surface area contributed by atoms with Gasteiger partial charge in [-0.1, -0.05) is 23.2 Å². The van der Waals surface area contributed by atoms with Crippen LogP contribution in [0.25, 0.3) is 0 Å². The van der Waals surface area contributed by atoms with Crippen LogP contribution >= 0.6 is 23.2 Å². The standard InChI is InChI=1S/C12H12Cl2N6O/c1-6-15-11(19-16-6)8-3-2-4-20(8)12(21)7-5-9(13)17-18-10(7)14/h5,8H,2-4H2,1H3,(H,15,16,19)/t8-/m0/s1. The molecule has 0 aliphatic carbocycles. The van der Waals surface area contributed by atoms with Gasteiger partial charge in [0.05, 0.1) is 11.6 Å². The molecular weight excluding hydrogens is 315 g/mol. The van der Waals surface area contributed by atoms with Gasteiger partial charge in [0.15, 0.2) is 10.3 Å². The van der Waals surface area contributed by atoms with Gasteiger partial charge in [0.2, 0.25) is 0 Å². The number of halogens is 2. The van der Waals surface area contributed by atoms with E-state index in [0.717, 1.165) is 12.8 Å². The van der Waals surface area contributed by atoms with Crippen molar-refractivity contribution in [1.29, 1.82) is 0 Å². The van der Waals surface area contributed by atoms with Gasteiger partial charge in [0, 0.05) is 6.54 Å². The highest BCUT2D eigenvalue weighted by Gasteiger charge is 2.34. The summed E-state index contributed by atoms with van der Waals surface area (Å²) in [6.07, 6.45) is 1.71. The predicted octanol–water partition coefficient (Wildman–Crippen LogP) is 2.19. The normalized spacial score (nSPS) is 18.2. The van der Waals surface area contributed by atoms with Crippen LogP contribution < -0.4 is 0 Å². The van der Waals surface area contributed by atoms with E-state index in [0.29, 0.717) is 18.2 Å². The molecule has 3 rings (SSSR count). The Morgan fingerprint density at radius 2 is 2.24 bits per heavy atom. The lowest BCUT2D eigenvalue weighted by Gasteiger charge is -2.23. The van der Waals surface area contributed by atoms with Gasteiger partial charge in [-0.25, -0.2) is 4.98 Å². The summed E-state index contributed by atoms with van der Waals surface area (Å²) < 4.78 is 0. The van der Waals surface area contributed by atoms with Crippen LogP contribution in [0.4, 0.5) is 0 Å². The van der Waals surface area contributed by atoms with E-state index in [1.54, 1.807) is 11.8 Å². The van der Waals surface area contributed by atoms with Gasteiger partial charge >= 0.3 is 0 Å². The Bertz CT molecular complexity index is 688. The average Bonchev–Trinajstić information content (AvgIpc) is 3.09. The van der Waals surface area contributed by atoms with Crippen molar-refractivity contribution in [3.8, 4) is 0 Å². The van der Waals surface area contributed by atoms with Crippen molar-refractivity contribution in [2.45, 2.75) is 25.8 Å². The molecule has 1 atom stereocenters. The molecule has 0 bridgehead atoms. The Hall–Kier alpha value is -1.73. The zero-order valence-corrected chi connectivity index (χ0v) is 12.7. The van der Waals surface area contributed by atoms with Gasteiger partial charge in [0.1, 0.15) is 11.6 Å². The van der Waals surface area contributed by atoms with Gasteiger partial charge < -0.3 is 4.90 Å². The van der Waals surface area contributed by atoms with E-state index in [1.165, 1.54) is 6.07 Å². The quantitative estimate of drug-likeness (QED) is 0.913. The Kier molecular flexibility index (Phi) is 3.77. The fourth-order valence-electron chi connectivity index (χ4n) is 2.46.